The van der Waals surface area contributed by atoms with E-state index in [0.717, 1.165) is 28.6 Å². The van der Waals surface area contributed by atoms with E-state index in [9.17, 15) is 23.1 Å². The first-order valence-corrected chi connectivity index (χ1v) is 16.0. The average molecular weight is 589 g/mol. The van der Waals surface area contributed by atoms with Crippen molar-refractivity contribution in [3.05, 3.63) is 59.6 Å². The second-order valence-corrected chi connectivity index (χ2v) is 13.2. The lowest BCUT2D eigenvalue weighted by Gasteiger charge is -2.31. The predicted octanol–water partition coefficient (Wildman–Crippen LogP) is 3.73. The molecule has 0 aliphatic carbocycles. The smallest absolute Gasteiger partial charge is 0.243 e. The van der Waals surface area contributed by atoms with Gasteiger partial charge in [-0.3, -0.25) is 9.59 Å². The van der Waals surface area contributed by atoms with Gasteiger partial charge in [0.05, 0.1) is 32.8 Å². The third-order valence-corrected chi connectivity index (χ3v) is 9.39. The highest BCUT2D eigenvalue weighted by molar-refractivity contribution is 7.89. The van der Waals surface area contributed by atoms with Crippen molar-refractivity contribution in [1.82, 2.24) is 19.9 Å². The third kappa shape index (κ3) is 8.57. The molecule has 40 heavy (non-hydrogen) atoms. The molecule has 0 fully saturated rings. The van der Waals surface area contributed by atoms with Gasteiger partial charge in [-0.15, -0.1) is 11.3 Å². The number of hydrogen-bond donors (Lipinski definition) is 3. The van der Waals surface area contributed by atoms with E-state index in [1.165, 1.54) is 22.6 Å². The number of benzene rings is 2. The van der Waals surface area contributed by atoms with Gasteiger partial charge < -0.3 is 15.7 Å². The van der Waals surface area contributed by atoms with E-state index in [1.54, 1.807) is 23.7 Å². The van der Waals surface area contributed by atoms with E-state index in [4.69, 9.17) is 0 Å². The summed E-state index contributed by atoms with van der Waals surface area (Å²) in [5, 5.41) is 17.1. The van der Waals surface area contributed by atoms with Crippen molar-refractivity contribution in [3.63, 3.8) is 0 Å². The molecule has 0 saturated carbocycles. The minimum absolute atomic E-state index is 0.141. The molecule has 1 aromatic heterocycles. The van der Waals surface area contributed by atoms with E-state index in [0.29, 0.717) is 6.42 Å². The molecule has 3 N–H and O–H groups in total. The molecule has 3 atom stereocenters. The Labute approximate surface area is 241 Å². The molecular formula is C29H40N4O5S2. The number of amides is 2. The molecule has 1 heterocycles. The zero-order valence-corrected chi connectivity index (χ0v) is 25.2. The zero-order chi connectivity index (χ0) is 29.3. The van der Waals surface area contributed by atoms with Crippen LogP contribution in [0.25, 0.3) is 10.2 Å². The highest BCUT2D eigenvalue weighted by Crippen LogP contribution is 2.25. The number of carbonyl (C=O) groups excluding carboxylic acids is 2. The summed E-state index contributed by atoms with van der Waals surface area (Å²) in [6.45, 7) is 7.08. The van der Waals surface area contributed by atoms with Crippen LogP contribution in [0.5, 0.6) is 0 Å². The Balaban J connectivity index is 1.90. The molecule has 218 valence electrons. The van der Waals surface area contributed by atoms with E-state index in [1.807, 2.05) is 51.1 Å². The summed E-state index contributed by atoms with van der Waals surface area (Å²) in [6, 6.07) is 12.6. The summed E-state index contributed by atoms with van der Waals surface area (Å²) >= 11 is 1.37. The van der Waals surface area contributed by atoms with Gasteiger partial charge in [0.25, 0.3) is 0 Å². The first-order valence-electron chi connectivity index (χ1n) is 13.7. The highest BCUT2D eigenvalue weighted by Gasteiger charge is 2.33. The predicted molar refractivity (Wildman–Crippen MR) is 158 cm³/mol. The number of aliphatic hydroxyl groups is 1. The van der Waals surface area contributed by atoms with Crippen molar-refractivity contribution in [2.75, 3.05) is 13.1 Å². The van der Waals surface area contributed by atoms with Crippen LogP contribution in [0, 0.1) is 5.92 Å². The molecule has 0 radical (unpaired) electrons. The standard InChI is InChI=1S/C29H40N4O5S2/c1-5-6-10-15-33(40(37,38)23-13-14-24-27(17-23)39-19-30-24)18-26(35)25(16-22-11-8-7-9-12-22)32-29(36)28(20(2)3)31-21(4)34/h7-9,11-14,17,19-20,25-26,28,35H,5-6,10,15-16,18H2,1-4H3,(H,31,34)(H,32,36)/t25-,26+,28?/m0/s1. The number of unbranched alkanes of at least 4 members (excludes halogenated alkanes) is 2. The number of fused-ring (bicyclic) bond motifs is 1. The topological polar surface area (TPSA) is 129 Å². The molecule has 0 saturated heterocycles. The number of nitrogens with zero attached hydrogens (tertiary/aromatic N) is 2. The molecule has 2 aromatic carbocycles. The number of sulfonamides is 1. The minimum atomic E-state index is -3.94. The van der Waals surface area contributed by atoms with Gasteiger partial charge in [-0.05, 0) is 42.5 Å². The summed E-state index contributed by atoms with van der Waals surface area (Å²) in [4.78, 5) is 29.4. The minimum Gasteiger partial charge on any atom is -0.390 e. The molecule has 9 nitrogen and oxygen atoms in total. The van der Waals surface area contributed by atoms with Crippen LogP contribution in [0.1, 0.15) is 52.5 Å². The van der Waals surface area contributed by atoms with Gasteiger partial charge in [0.1, 0.15) is 6.04 Å². The molecule has 2 amide bonds. The first kappa shape index (κ1) is 31.7. The molecule has 3 aromatic rings. The molecule has 11 heteroatoms. The quantitative estimate of drug-likeness (QED) is 0.232. The van der Waals surface area contributed by atoms with Crippen LogP contribution in [0.2, 0.25) is 0 Å². The normalized spacial score (nSPS) is 14.3. The molecule has 0 aliphatic rings. The van der Waals surface area contributed by atoms with Crippen LogP contribution < -0.4 is 10.6 Å². The maximum atomic E-state index is 13.8. The first-order chi connectivity index (χ1) is 19.0. The Bertz CT molecular complexity index is 1360. The lowest BCUT2D eigenvalue weighted by Crippen LogP contribution is -2.56. The fourth-order valence-electron chi connectivity index (χ4n) is 4.51. The van der Waals surface area contributed by atoms with Gasteiger partial charge in [-0.1, -0.05) is 63.9 Å². The zero-order valence-electron chi connectivity index (χ0n) is 23.5. The van der Waals surface area contributed by atoms with Crippen molar-refractivity contribution >= 4 is 43.4 Å². The number of aliphatic hydroxyl groups excluding tert-OH is 1. The Kier molecular flexibility index (Phi) is 11.6. The highest BCUT2D eigenvalue weighted by atomic mass is 32.2. The maximum Gasteiger partial charge on any atom is 0.243 e. The Morgan fingerprint density at radius 2 is 1.80 bits per heavy atom. The average Bonchev–Trinajstić information content (AvgIpc) is 3.39. The number of aromatic nitrogens is 1. The van der Waals surface area contributed by atoms with E-state index in [2.05, 4.69) is 15.6 Å². The van der Waals surface area contributed by atoms with Crippen LogP contribution in [-0.4, -0.2) is 65.9 Å². The lowest BCUT2D eigenvalue weighted by atomic mass is 9.98. The van der Waals surface area contributed by atoms with Crippen LogP contribution in [-0.2, 0) is 26.0 Å². The summed E-state index contributed by atoms with van der Waals surface area (Å²) in [5.74, 6) is -0.952. The Morgan fingerprint density at radius 1 is 1.07 bits per heavy atom. The molecule has 0 bridgehead atoms. The van der Waals surface area contributed by atoms with Crippen LogP contribution >= 0.6 is 11.3 Å². The summed E-state index contributed by atoms with van der Waals surface area (Å²) in [7, 11) is -3.94. The van der Waals surface area contributed by atoms with Crippen molar-refractivity contribution in [2.24, 2.45) is 5.92 Å². The number of rotatable bonds is 15. The van der Waals surface area contributed by atoms with Gasteiger partial charge in [-0.2, -0.15) is 4.31 Å². The van der Waals surface area contributed by atoms with Gasteiger partial charge >= 0.3 is 0 Å². The number of carbonyl (C=O) groups is 2. The van der Waals surface area contributed by atoms with Crippen molar-refractivity contribution < 1.29 is 23.1 Å². The van der Waals surface area contributed by atoms with E-state index < -0.39 is 34.1 Å². The van der Waals surface area contributed by atoms with Gasteiger partial charge in [0.2, 0.25) is 21.8 Å². The van der Waals surface area contributed by atoms with Crippen molar-refractivity contribution in [1.29, 1.82) is 0 Å². The molecular weight excluding hydrogens is 548 g/mol. The molecule has 0 spiro atoms. The van der Waals surface area contributed by atoms with Crippen molar-refractivity contribution in [3.8, 4) is 0 Å². The van der Waals surface area contributed by atoms with E-state index >= 15 is 0 Å². The number of nitrogens with one attached hydrogen (secondary N) is 2. The van der Waals surface area contributed by atoms with Gasteiger partial charge in [-0.25, -0.2) is 13.4 Å². The SMILES string of the molecule is CCCCCN(C[C@@H](O)[C@H](Cc1ccccc1)NC(=O)C(NC(C)=O)C(C)C)S(=O)(=O)c1ccc2ncsc2c1. The summed E-state index contributed by atoms with van der Waals surface area (Å²) in [5.41, 5.74) is 3.28. The maximum absolute atomic E-state index is 13.8. The number of hydrogen-bond acceptors (Lipinski definition) is 7. The second-order valence-electron chi connectivity index (χ2n) is 10.3. The lowest BCUT2D eigenvalue weighted by molar-refractivity contribution is -0.130. The second kappa shape index (κ2) is 14.7. The van der Waals surface area contributed by atoms with Gasteiger partial charge in [0.15, 0.2) is 0 Å². The summed E-state index contributed by atoms with van der Waals surface area (Å²) < 4.78 is 29.7. The Hall–Kier alpha value is -2.86. The molecule has 1 unspecified atom stereocenters. The largest absolute Gasteiger partial charge is 0.390 e. The van der Waals surface area contributed by atoms with Gasteiger partial charge in [0, 0.05) is 20.0 Å². The Morgan fingerprint density at radius 3 is 2.45 bits per heavy atom. The fourth-order valence-corrected chi connectivity index (χ4v) is 6.82. The van der Waals surface area contributed by atoms with Crippen LogP contribution in [0.15, 0.2) is 58.9 Å². The van der Waals surface area contributed by atoms with Crippen LogP contribution in [0.4, 0.5) is 0 Å². The monoisotopic (exact) mass is 588 g/mol. The molecule has 3 rings (SSSR count). The summed E-state index contributed by atoms with van der Waals surface area (Å²) in [6.07, 6.45) is 1.47. The number of thiazole rings is 1. The van der Waals surface area contributed by atoms with Crippen molar-refractivity contribution in [2.45, 2.75) is 76.5 Å². The fraction of sp³-hybridized carbons (Fsp3) is 0.483. The molecule has 0 aliphatic heterocycles. The van der Waals surface area contributed by atoms with E-state index in [-0.39, 0.29) is 36.2 Å². The van der Waals surface area contributed by atoms with Crippen LogP contribution in [0.3, 0.4) is 0 Å². The third-order valence-electron chi connectivity index (χ3n) is 6.74.